The summed E-state index contributed by atoms with van der Waals surface area (Å²) in [4.78, 5) is 47.9. The minimum atomic E-state index is -1.29. The molecule has 238 valence electrons. The van der Waals surface area contributed by atoms with Crippen LogP contribution < -0.4 is 22.5 Å². The van der Waals surface area contributed by atoms with Gasteiger partial charge in [0.1, 0.15) is 16.9 Å². The molecular weight excluding hydrogens is 592 g/mol. The number of anilines is 2. The minimum Gasteiger partial charge on any atom is -0.477 e. The zero-order valence-corrected chi connectivity index (χ0v) is 24.7. The predicted octanol–water partition coefficient (Wildman–Crippen LogP) is 3.49. The first-order chi connectivity index (χ1) is 20.0. The number of carbonyl (C=O) groups is 3. The number of benzene rings is 1. The SMILES string of the molecule is C.COC(=O)C12CCC(CN)(CC1)CC2.Cc1nc2cc(CNC(=O)c3cc(C(=O)O)n4c(N)nc(N)c4n3)ccc2o1.Cl. The molecule has 44 heavy (non-hydrogen) atoms. The number of methoxy groups -OCH3 is 1. The van der Waals surface area contributed by atoms with E-state index in [9.17, 15) is 19.5 Å². The van der Waals surface area contributed by atoms with Crippen LogP contribution in [0.1, 0.15) is 78.4 Å². The summed E-state index contributed by atoms with van der Waals surface area (Å²) in [6.45, 7) is 2.72. The maximum absolute atomic E-state index is 12.5. The van der Waals surface area contributed by atoms with Crippen molar-refractivity contribution in [1.82, 2.24) is 24.7 Å². The summed E-state index contributed by atoms with van der Waals surface area (Å²) in [5.41, 5.74) is 19.2. The van der Waals surface area contributed by atoms with Crippen LogP contribution in [0.3, 0.4) is 0 Å². The molecule has 3 aliphatic carbocycles. The minimum absolute atomic E-state index is 0. The number of imidazole rings is 1. The zero-order chi connectivity index (χ0) is 30.2. The molecule has 0 unspecified atom stereocenters. The Labute approximate surface area is 260 Å². The quantitative estimate of drug-likeness (QED) is 0.193. The Morgan fingerprint density at radius 1 is 1.07 bits per heavy atom. The number of nitrogens with one attached hydrogen (secondary N) is 1. The van der Waals surface area contributed by atoms with Gasteiger partial charge in [-0.2, -0.15) is 4.98 Å². The Kier molecular flexibility index (Phi) is 10.1. The molecule has 1 amide bonds. The van der Waals surface area contributed by atoms with E-state index in [0.29, 0.717) is 22.4 Å². The van der Waals surface area contributed by atoms with Crippen molar-refractivity contribution in [2.75, 3.05) is 25.1 Å². The van der Waals surface area contributed by atoms with Crippen molar-refractivity contribution >= 4 is 58.8 Å². The lowest BCUT2D eigenvalue weighted by atomic mass is 9.54. The smallest absolute Gasteiger partial charge is 0.353 e. The van der Waals surface area contributed by atoms with Crippen LogP contribution in [0.25, 0.3) is 16.7 Å². The van der Waals surface area contributed by atoms with Crippen molar-refractivity contribution in [3.63, 3.8) is 0 Å². The largest absolute Gasteiger partial charge is 0.477 e. The molecular formula is C29H39ClN8O6. The summed E-state index contributed by atoms with van der Waals surface area (Å²) in [6.07, 6.45) is 6.28. The normalized spacial score (nSPS) is 20.2. The lowest BCUT2D eigenvalue weighted by Gasteiger charge is -2.51. The number of amides is 1. The summed E-state index contributed by atoms with van der Waals surface area (Å²) in [5, 5.41) is 12.1. The fraction of sp³-hybridized carbons (Fsp3) is 0.448. The van der Waals surface area contributed by atoms with E-state index in [1.165, 1.54) is 7.11 Å². The number of oxazole rings is 1. The standard InChI is InChI=1S/C17H15N7O4.C11H19NO2.CH4.ClH/c1-7-21-9-4-8(2-3-12(9)28-7)6-20-15(25)10-5-11(16(26)27)24-14(22-10)13(18)23-17(24)19;1-14-9(13)11-5-2-10(8-12,3-6-11)4-7-11;;/h2-5H,6,18H2,1H3,(H2,19,23)(H,20,25)(H,26,27);2-8,12H2,1H3;1H4;1H. The molecule has 0 atom stereocenters. The number of aromatic carboxylic acids is 1. The van der Waals surface area contributed by atoms with Crippen LogP contribution in [-0.2, 0) is 16.1 Å². The van der Waals surface area contributed by atoms with Gasteiger partial charge in [-0.3, -0.25) is 14.0 Å². The van der Waals surface area contributed by atoms with E-state index in [-0.39, 0.29) is 66.6 Å². The van der Waals surface area contributed by atoms with E-state index in [0.717, 1.165) is 61.1 Å². The van der Waals surface area contributed by atoms with Crippen LogP contribution in [0.2, 0.25) is 0 Å². The van der Waals surface area contributed by atoms with Crippen LogP contribution in [-0.4, -0.2) is 56.0 Å². The predicted molar refractivity (Wildman–Crippen MR) is 166 cm³/mol. The van der Waals surface area contributed by atoms with Gasteiger partial charge in [-0.05, 0) is 68.2 Å². The van der Waals surface area contributed by atoms with Gasteiger partial charge in [0.15, 0.2) is 22.9 Å². The number of rotatable bonds is 6. The van der Waals surface area contributed by atoms with E-state index in [1.54, 1.807) is 25.1 Å². The van der Waals surface area contributed by atoms with Crippen molar-refractivity contribution in [1.29, 1.82) is 0 Å². The number of ether oxygens (including phenoxy) is 1. The van der Waals surface area contributed by atoms with E-state index >= 15 is 0 Å². The van der Waals surface area contributed by atoms with Crippen molar-refractivity contribution in [2.24, 2.45) is 16.6 Å². The summed E-state index contributed by atoms with van der Waals surface area (Å²) in [6, 6.07) is 6.47. The number of esters is 1. The lowest BCUT2D eigenvalue weighted by molar-refractivity contribution is -0.162. The van der Waals surface area contributed by atoms with Gasteiger partial charge in [-0.15, -0.1) is 12.4 Å². The molecule has 0 saturated heterocycles. The highest BCUT2D eigenvalue weighted by Crippen LogP contribution is 2.56. The van der Waals surface area contributed by atoms with Crippen molar-refractivity contribution in [3.8, 4) is 0 Å². The van der Waals surface area contributed by atoms with Crippen LogP contribution in [0.15, 0.2) is 28.7 Å². The molecule has 0 radical (unpaired) electrons. The molecule has 2 bridgehead atoms. The second kappa shape index (κ2) is 13.1. The number of halogens is 1. The number of nitrogens with two attached hydrogens (primary N) is 3. The first-order valence-corrected chi connectivity index (χ1v) is 13.6. The molecule has 0 spiro atoms. The fourth-order valence-corrected chi connectivity index (χ4v) is 5.97. The first kappa shape index (κ1) is 34.1. The number of nitrogen functional groups attached to an aromatic ring is 2. The maximum Gasteiger partial charge on any atom is 0.353 e. The average molecular weight is 631 g/mol. The van der Waals surface area contributed by atoms with Crippen molar-refractivity contribution < 1.29 is 28.6 Å². The number of carboxylic acid groups (broad SMARTS) is 1. The van der Waals surface area contributed by atoms with E-state index in [2.05, 4.69) is 20.3 Å². The Hall–Kier alpha value is -4.43. The van der Waals surface area contributed by atoms with Gasteiger partial charge in [0.2, 0.25) is 5.95 Å². The number of fused-ring (bicyclic) bond motifs is 5. The molecule has 15 heteroatoms. The van der Waals surface area contributed by atoms with Gasteiger partial charge >= 0.3 is 11.9 Å². The third-order valence-corrected chi connectivity index (χ3v) is 8.56. The second-order valence-corrected chi connectivity index (χ2v) is 11.0. The van der Waals surface area contributed by atoms with Crippen LogP contribution in [0.4, 0.5) is 11.8 Å². The molecule has 14 nitrogen and oxygen atoms in total. The number of carboxylic acids is 1. The number of carbonyl (C=O) groups excluding carboxylic acids is 2. The zero-order valence-electron chi connectivity index (χ0n) is 23.9. The Morgan fingerprint density at radius 2 is 1.73 bits per heavy atom. The summed E-state index contributed by atoms with van der Waals surface area (Å²) >= 11 is 0. The van der Waals surface area contributed by atoms with E-state index < -0.39 is 11.9 Å². The summed E-state index contributed by atoms with van der Waals surface area (Å²) in [5.74, 6) is -1.50. The number of aryl methyl sites for hydroxylation is 1. The summed E-state index contributed by atoms with van der Waals surface area (Å²) in [7, 11) is 1.50. The maximum atomic E-state index is 12.5. The molecule has 8 N–H and O–H groups in total. The monoisotopic (exact) mass is 630 g/mol. The van der Waals surface area contributed by atoms with Gasteiger partial charge < -0.3 is 36.8 Å². The van der Waals surface area contributed by atoms with Crippen LogP contribution in [0.5, 0.6) is 0 Å². The average Bonchev–Trinajstić information content (AvgIpc) is 3.52. The highest BCUT2D eigenvalue weighted by molar-refractivity contribution is 5.97. The fourth-order valence-electron chi connectivity index (χ4n) is 5.97. The highest BCUT2D eigenvalue weighted by atomic mass is 35.5. The number of nitrogens with zero attached hydrogens (tertiary/aromatic N) is 4. The molecule has 3 heterocycles. The molecule has 1 aromatic carbocycles. The molecule has 7 rings (SSSR count). The van der Waals surface area contributed by atoms with Crippen molar-refractivity contribution in [3.05, 3.63) is 47.1 Å². The molecule has 3 fully saturated rings. The Morgan fingerprint density at radius 3 is 2.32 bits per heavy atom. The molecule has 3 aliphatic rings. The number of aromatic nitrogens is 4. The van der Waals surface area contributed by atoms with Gasteiger partial charge in [-0.1, -0.05) is 13.5 Å². The molecule has 0 aliphatic heterocycles. The van der Waals surface area contributed by atoms with Crippen molar-refractivity contribution in [2.45, 2.75) is 59.4 Å². The Bertz CT molecular complexity index is 1680. The first-order valence-electron chi connectivity index (χ1n) is 13.6. The molecule has 4 aromatic rings. The molecule has 3 aromatic heterocycles. The van der Waals surface area contributed by atoms with E-state index in [1.807, 2.05) is 0 Å². The van der Waals surface area contributed by atoms with Gasteiger partial charge in [0.05, 0.1) is 12.5 Å². The third-order valence-electron chi connectivity index (χ3n) is 8.56. The second-order valence-electron chi connectivity index (χ2n) is 11.0. The van der Waals surface area contributed by atoms with E-state index in [4.69, 9.17) is 26.4 Å². The van der Waals surface area contributed by atoms with Gasteiger partial charge in [0.25, 0.3) is 5.91 Å². The lowest BCUT2D eigenvalue weighted by Crippen LogP contribution is -2.49. The van der Waals surface area contributed by atoms with Crippen LogP contribution in [0, 0.1) is 17.8 Å². The molecule has 3 saturated carbocycles. The van der Waals surface area contributed by atoms with Crippen LogP contribution >= 0.6 is 12.4 Å². The van der Waals surface area contributed by atoms with Gasteiger partial charge in [-0.25, -0.2) is 14.8 Å². The number of hydrogen-bond acceptors (Lipinski definition) is 11. The third kappa shape index (κ3) is 6.26. The summed E-state index contributed by atoms with van der Waals surface area (Å²) < 4.78 is 11.4. The van der Waals surface area contributed by atoms with Gasteiger partial charge in [0, 0.05) is 19.5 Å². The number of hydrogen-bond donors (Lipinski definition) is 5. The highest BCUT2D eigenvalue weighted by Gasteiger charge is 2.52. The topological polar surface area (TPSA) is 227 Å². The Balaban J connectivity index is 0.000000280.